The van der Waals surface area contributed by atoms with E-state index in [1.807, 2.05) is 18.2 Å². The third-order valence-electron chi connectivity index (χ3n) is 3.99. The number of primary amides is 1. The van der Waals surface area contributed by atoms with Gasteiger partial charge in [-0.3, -0.25) is 9.59 Å². The highest BCUT2D eigenvalue weighted by Crippen LogP contribution is 2.29. The maximum absolute atomic E-state index is 11.9. The van der Waals surface area contributed by atoms with E-state index in [2.05, 4.69) is 15.9 Å². The van der Waals surface area contributed by atoms with E-state index in [1.54, 1.807) is 31.4 Å². The van der Waals surface area contributed by atoms with Crippen LogP contribution in [0, 0.1) is 0 Å². The largest absolute Gasteiger partial charge is 0.488 e. The van der Waals surface area contributed by atoms with Crippen molar-refractivity contribution in [3.05, 3.63) is 63.8 Å². The molecule has 0 atom stereocenters. The molecular weight excluding hydrogens is 414 g/mol. The van der Waals surface area contributed by atoms with Crippen molar-refractivity contribution < 1.29 is 23.5 Å². The van der Waals surface area contributed by atoms with Crippen LogP contribution in [0.1, 0.15) is 28.4 Å². The van der Waals surface area contributed by atoms with Gasteiger partial charge in [-0.2, -0.15) is 0 Å². The van der Waals surface area contributed by atoms with Crippen LogP contribution in [0.15, 0.2) is 51.6 Å². The number of esters is 1. The molecule has 140 valence electrons. The molecule has 0 aliphatic carbocycles. The summed E-state index contributed by atoms with van der Waals surface area (Å²) in [6, 6.07) is 10.6. The number of rotatable bonds is 7. The Morgan fingerprint density at radius 3 is 2.74 bits per heavy atom. The van der Waals surface area contributed by atoms with Gasteiger partial charge in [-0.15, -0.1) is 0 Å². The Morgan fingerprint density at radius 1 is 1.19 bits per heavy atom. The number of amides is 1. The molecule has 0 aliphatic heterocycles. The molecule has 1 heterocycles. The average Bonchev–Trinajstić information content (AvgIpc) is 3.02. The van der Waals surface area contributed by atoms with E-state index in [9.17, 15) is 9.59 Å². The number of hydrogen-bond donors (Lipinski definition) is 1. The second-order valence-corrected chi connectivity index (χ2v) is 6.75. The fourth-order valence-corrected chi connectivity index (χ4v) is 3.13. The Bertz CT molecular complexity index is 995. The van der Waals surface area contributed by atoms with Crippen LogP contribution < -0.4 is 10.5 Å². The van der Waals surface area contributed by atoms with Gasteiger partial charge in [0.05, 0.1) is 24.9 Å². The summed E-state index contributed by atoms with van der Waals surface area (Å²) in [6.45, 7) is 2.17. The van der Waals surface area contributed by atoms with Gasteiger partial charge in [0.2, 0.25) is 0 Å². The van der Waals surface area contributed by atoms with Gasteiger partial charge in [0.25, 0.3) is 5.91 Å². The van der Waals surface area contributed by atoms with Gasteiger partial charge in [0.1, 0.15) is 17.9 Å². The van der Waals surface area contributed by atoms with Crippen molar-refractivity contribution >= 4 is 38.8 Å². The third-order valence-corrected chi connectivity index (χ3v) is 4.48. The summed E-state index contributed by atoms with van der Waals surface area (Å²) in [7, 11) is 0. The predicted octanol–water partition coefficient (Wildman–Crippen LogP) is 3.98. The first-order valence-electron chi connectivity index (χ1n) is 8.35. The highest BCUT2D eigenvalue weighted by atomic mass is 79.9. The van der Waals surface area contributed by atoms with Gasteiger partial charge in [-0.25, -0.2) is 0 Å². The van der Waals surface area contributed by atoms with E-state index in [4.69, 9.17) is 19.6 Å². The molecule has 3 rings (SSSR count). The number of ether oxygens (including phenoxy) is 2. The van der Waals surface area contributed by atoms with Gasteiger partial charge in [0, 0.05) is 21.0 Å². The van der Waals surface area contributed by atoms with Crippen molar-refractivity contribution in [2.45, 2.75) is 20.0 Å². The lowest BCUT2D eigenvalue weighted by Crippen LogP contribution is -2.16. The van der Waals surface area contributed by atoms with E-state index < -0.39 is 11.9 Å². The zero-order valence-corrected chi connectivity index (χ0v) is 16.2. The Labute approximate surface area is 164 Å². The van der Waals surface area contributed by atoms with Gasteiger partial charge in [-0.1, -0.05) is 28.1 Å². The number of nitrogens with two attached hydrogens (primary N) is 1. The molecule has 2 aromatic carbocycles. The average molecular weight is 432 g/mol. The minimum atomic E-state index is -0.629. The predicted molar refractivity (Wildman–Crippen MR) is 104 cm³/mol. The highest BCUT2D eigenvalue weighted by molar-refractivity contribution is 9.10. The monoisotopic (exact) mass is 431 g/mol. The summed E-state index contributed by atoms with van der Waals surface area (Å²) >= 11 is 3.44. The van der Waals surface area contributed by atoms with Crippen molar-refractivity contribution in [3.63, 3.8) is 0 Å². The first-order valence-corrected chi connectivity index (χ1v) is 9.14. The minimum Gasteiger partial charge on any atom is -0.488 e. The van der Waals surface area contributed by atoms with Crippen molar-refractivity contribution in [2.24, 2.45) is 5.73 Å². The van der Waals surface area contributed by atoms with Gasteiger partial charge < -0.3 is 19.6 Å². The molecule has 0 bridgehead atoms. The number of benzene rings is 2. The van der Waals surface area contributed by atoms with Crippen LogP contribution in [0.25, 0.3) is 11.0 Å². The first-order chi connectivity index (χ1) is 13.0. The summed E-state index contributed by atoms with van der Waals surface area (Å²) < 4.78 is 17.4. The summed E-state index contributed by atoms with van der Waals surface area (Å²) in [6.07, 6.45) is 1.59. The topological polar surface area (TPSA) is 91.8 Å². The van der Waals surface area contributed by atoms with Crippen molar-refractivity contribution in [2.75, 3.05) is 6.61 Å². The molecule has 0 fully saturated rings. The summed E-state index contributed by atoms with van der Waals surface area (Å²) in [5, 5.41) is 0.896. The number of carbonyl (C=O) groups excluding carboxylic acids is 2. The molecule has 2 N–H and O–H groups in total. The fraction of sp³-hybridized carbons (Fsp3) is 0.200. The lowest BCUT2D eigenvalue weighted by Gasteiger charge is -2.14. The number of para-hydroxylation sites is 1. The van der Waals surface area contributed by atoms with E-state index in [0.717, 1.165) is 21.0 Å². The molecule has 1 aromatic heterocycles. The van der Waals surface area contributed by atoms with Gasteiger partial charge in [0.15, 0.2) is 0 Å². The second kappa shape index (κ2) is 8.26. The van der Waals surface area contributed by atoms with E-state index >= 15 is 0 Å². The Hall–Kier alpha value is -2.80. The van der Waals surface area contributed by atoms with E-state index in [-0.39, 0.29) is 30.9 Å². The SMILES string of the molecule is CCOC(=O)Cc1cccc(C(N)=O)c1OCc1coc2ccc(Br)cc12. The van der Waals surface area contributed by atoms with Gasteiger partial charge >= 0.3 is 5.97 Å². The zero-order valence-electron chi connectivity index (χ0n) is 14.7. The van der Waals surface area contributed by atoms with Gasteiger partial charge in [-0.05, 0) is 31.2 Å². The number of carbonyl (C=O) groups is 2. The smallest absolute Gasteiger partial charge is 0.310 e. The molecule has 7 heteroatoms. The highest BCUT2D eigenvalue weighted by Gasteiger charge is 2.18. The number of furan rings is 1. The number of halogens is 1. The molecule has 0 unspecified atom stereocenters. The molecule has 0 saturated heterocycles. The van der Waals surface area contributed by atoms with Crippen molar-refractivity contribution in [1.29, 1.82) is 0 Å². The summed E-state index contributed by atoms with van der Waals surface area (Å²) in [5.41, 5.74) is 7.77. The minimum absolute atomic E-state index is 0.0119. The van der Waals surface area contributed by atoms with E-state index in [1.165, 1.54) is 0 Å². The molecule has 0 radical (unpaired) electrons. The van der Waals surface area contributed by atoms with Crippen LogP contribution in [0.5, 0.6) is 5.75 Å². The Kier molecular flexibility index (Phi) is 5.81. The van der Waals surface area contributed by atoms with Crippen LogP contribution in [-0.2, 0) is 22.6 Å². The third kappa shape index (κ3) is 4.31. The van der Waals surface area contributed by atoms with Crippen LogP contribution in [0.4, 0.5) is 0 Å². The number of hydrogen-bond acceptors (Lipinski definition) is 5. The molecule has 27 heavy (non-hydrogen) atoms. The van der Waals surface area contributed by atoms with Crippen LogP contribution >= 0.6 is 15.9 Å². The zero-order chi connectivity index (χ0) is 19.4. The standard InChI is InChI=1S/C20H18BrNO5/c1-2-25-18(23)8-12-4-3-5-15(20(22)24)19(12)27-11-13-10-26-17-7-6-14(21)9-16(13)17/h3-7,9-10H,2,8,11H2,1H3,(H2,22,24). The number of fused-ring (bicyclic) bond motifs is 1. The molecule has 6 nitrogen and oxygen atoms in total. The van der Waals surface area contributed by atoms with Crippen molar-refractivity contribution in [1.82, 2.24) is 0 Å². The first kappa shape index (κ1) is 19.0. The molecule has 0 aliphatic rings. The molecule has 0 spiro atoms. The summed E-state index contributed by atoms with van der Waals surface area (Å²) in [4.78, 5) is 23.7. The Morgan fingerprint density at radius 2 is 2.00 bits per heavy atom. The van der Waals surface area contributed by atoms with Crippen LogP contribution in [0.2, 0.25) is 0 Å². The quantitative estimate of drug-likeness (QED) is 0.571. The van der Waals surface area contributed by atoms with E-state index in [0.29, 0.717) is 5.56 Å². The fourth-order valence-electron chi connectivity index (χ4n) is 2.77. The maximum atomic E-state index is 11.9. The molecule has 0 saturated carbocycles. The maximum Gasteiger partial charge on any atom is 0.310 e. The molecular formula is C20H18BrNO5. The van der Waals surface area contributed by atoms with Crippen LogP contribution in [-0.4, -0.2) is 18.5 Å². The molecule has 3 aromatic rings. The summed E-state index contributed by atoms with van der Waals surface area (Å²) in [5.74, 6) is -0.750. The lowest BCUT2D eigenvalue weighted by molar-refractivity contribution is -0.142. The van der Waals surface area contributed by atoms with Crippen molar-refractivity contribution in [3.8, 4) is 5.75 Å². The van der Waals surface area contributed by atoms with Crippen LogP contribution in [0.3, 0.4) is 0 Å². The lowest BCUT2D eigenvalue weighted by atomic mass is 10.1. The second-order valence-electron chi connectivity index (χ2n) is 5.83. The molecule has 1 amide bonds. The Balaban J connectivity index is 1.91. The normalized spacial score (nSPS) is 10.7.